The molecule has 0 aromatic carbocycles. The molecule has 1 aromatic rings. The molecule has 1 fully saturated rings. The molecule has 0 saturated carbocycles. The van der Waals surface area contributed by atoms with Crippen molar-refractivity contribution < 1.29 is 0 Å². The van der Waals surface area contributed by atoms with Gasteiger partial charge in [0, 0.05) is 30.7 Å². The molecule has 1 aliphatic heterocycles. The van der Waals surface area contributed by atoms with Crippen LogP contribution in [0.15, 0.2) is 11.6 Å². The van der Waals surface area contributed by atoms with Gasteiger partial charge in [-0.3, -0.25) is 4.90 Å². The minimum absolute atomic E-state index is 0.387. The molecule has 2 atom stereocenters. The van der Waals surface area contributed by atoms with E-state index in [4.69, 9.17) is 0 Å². The van der Waals surface area contributed by atoms with Gasteiger partial charge in [0.1, 0.15) is 5.01 Å². The summed E-state index contributed by atoms with van der Waals surface area (Å²) in [6, 6.07) is 1.16. The van der Waals surface area contributed by atoms with Gasteiger partial charge in [-0.25, -0.2) is 4.98 Å². The molecule has 90 valence electrons. The van der Waals surface area contributed by atoms with Gasteiger partial charge in [0.15, 0.2) is 0 Å². The van der Waals surface area contributed by atoms with Crippen molar-refractivity contribution in [3.8, 4) is 0 Å². The van der Waals surface area contributed by atoms with Crippen LogP contribution in [0.1, 0.15) is 37.7 Å². The minimum Gasteiger partial charge on any atom is -0.307 e. The van der Waals surface area contributed by atoms with Crippen LogP contribution in [0.25, 0.3) is 0 Å². The summed E-state index contributed by atoms with van der Waals surface area (Å²) in [5.74, 6) is 0. The van der Waals surface area contributed by atoms with Gasteiger partial charge in [0.05, 0.1) is 6.04 Å². The average Bonchev–Trinajstić information content (AvgIpc) is 2.90. The number of thiazole rings is 1. The molecule has 0 bridgehead atoms. The topological polar surface area (TPSA) is 28.2 Å². The largest absolute Gasteiger partial charge is 0.307 e. The lowest BCUT2D eigenvalue weighted by Gasteiger charge is -2.22. The molecule has 16 heavy (non-hydrogen) atoms. The highest BCUT2D eigenvalue weighted by Crippen LogP contribution is 2.16. The van der Waals surface area contributed by atoms with Gasteiger partial charge >= 0.3 is 0 Å². The Kier molecular flexibility index (Phi) is 4.32. The molecule has 4 heteroatoms. The molecule has 3 nitrogen and oxygen atoms in total. The molecule has 0 aliphatic carbocycles. The van der Waals surface area contributed by atoms with Crippen LogP contribution >= 0.6 is 11.3 Å². The van der Waals surface area contributed by atoms with Crippen LogP contribution < -0.4 is 5.32 Å². The Morgan fingerprint density at radius 2 is 2.56 bits per heavy atom. The fourth-order valence-electron chi connectivity index (χ4n) is 2.29. The first-order valence-electron chi connectivity index (χ1n) is 6.14. The SMILES string of the molecule is CC(NCCN1CCCC1C)c1nccs1. The monoisotopic (exact) mass is 239 g/mol. The first-order chi connectivity index (χ1) is 7.77. The molecular formula is C12H21N3S. The molecular weight excluding hydrogens is 218 g/mol. The summed E-state index contributed by atoms with van der Waals surface area (Å²) < 4.78 is 0. The molecule has 2 unspecified atom stereocenters. The van der Waals surface area contributed by atoms with Crippen LogP contribution in [-0.2, 0) is 0 Å². The van der Waals surface area contributed by atoms with E-state index in [1.165, 1.54) is 24.4 Å². The zero-order chi connectivity index (χ0) is 11.4. The van der Waals surface area contributed by atoms with E-state index >= 15 is 0 Å². The van der Waals surface area contributed by atoms with Crippen LogP contribution in [0.4, 0.5) is 0 Å². The number of likely N-dealkylation sites (tertiary alicyclic amines) is 1. The van der Waals surface area contributed by atoms with Crippen molar-refractivity contribution in [2.75, 3.05) is 19.6 Å². The lowest BCUT2D eigenvalue weighted by atomic mass is 10.2. The fourth-order valence-corrected chi connectivity index (χ4v) is 2.96. The molecule has 1 N–H and O–H groups in total. The molecule has 0 spiro atoms. The summed E-state index contributed by atoms with van der Waals surface area (Å²) in [5, 5.41) is 6.77. The van der Waals surface area contributed by atoms with E-state index in [1.54, 1.807) is 11.3 Å². The standard InChI is InChI=1S/C12H21N3S/c1-10-4-3-7-15(10)8-5-13-11(2)12-14-6-9-16-12/h6,9-11,13H,3-5,7-8H2,1-2H3. The predicted octanol–water partition coefficient (Wildman–Crippen LogP) is 2.28. The highest BCUT2D eigenvalue weighted by atomic mass is 32.1. The normalized spacial score (nSPS) is 23.8. The van der Waals surface area contributed by atoms with Gasteiger partial charge in [-0.1, -0.05) is 0 Å². The quantitative estimate of drug-likeness (QED) is 0.854. The summed E-state index contributed by atoms with van der Waals surface area (Å²) in [4.78, 5) is 6.89. The lowest BCUT2D eigenvalue weighted by Crippen LogP contribution is -2.35. The van der Waals surface area contributed by atoms with E-state index in [0.29, 0.717) is 6.04 Å². The first kappa shape index (κ1) is 12.0. The van der Waals surface area contributed by atoms with E-state index in [2.05, 4.69) is 29.0 Å². The van der Waals surface area contributed by atoms with Crippen LogP contribution in [-0.4, -0.2) is 35.6 Å². The highest BCUT2D eigenvalue weighted by molar-refractivity contribution is 7.09. The lowest BCUT2D eigenvalue weighted by molar-refractivity contribution is 0.265. The van der Waals surface area contributed by atoms with Gasteiger partial charge in [-0.05, 0) is 33.2 Å². The molecule has 0 radical (unpaired) electrons. The average molecular weight is 239 g/mol. The smallest absolute Gasteiger partial charge is 0.109 e. The number of aromatic nitrogens is 1. The number of rotatable bonds is 5. The van der Waals surface area contributed by atoms with Gasteiger partial charge in [-0.15, -0.1) is 11.3 Å². The van der Waals surface area contributed by atoms with Crippen molar-refractivity contribution in [2.45, 2.75) is 38.8 Å². The Morgan fingerprint density at radius 1 is 1.69 bits per heavy atom. The molecule has 1 aromatic heterocycles. The Bertz CT molecular complexity index is 299. The number of nitrogens with zero attached hydrogens (tertiary/aromatic N) is 2. The Balaban J connectivity index is 1.68. The predicted molar refractivity (Wildman–Crippen MR) is 68.8 cm³/mol. The third kappa shape index (κ3) is 3.03. The van der Waals surface area contributed by atoms with Crippen LogP contribution in [0.5, 0.6) is 0 Å². The number of hydrogen-bond acceptors (Lipinski definition) is 4. The maximum atomic E-state index is 4.32. The van der Waals surface area contributed by atoms with E-state index in [9.17, 15) is 0 Å². The molecule has 2 rings (SSSR count). The van der Waals surface area contributed by atoms with Gasteiger partial charge in [0.25, 0.3) is 0 Å². The second-order valence-electron chi connectivity index (χ2n) is 4.57. The summed E-state index contributed by atoms with van der Waals surface area (Å²) >= 11 is 1.73. The Labute approximate surface area is 102 Å². The third-order valence-corrected chi connectivity index (χ3v) is 4.32. The van der Waals surface area contributed by atoms with Crippen molar-refractivity contribution in [3.63, 3.8) is 0 Å². The van der Waals surface area contributed by atoms with Gasteiger partial charge in [-0.2, -0.15) is 0 Å². The zero-order valence-electron chi connectivity index (χ0n) is 10.1. The summed E-state index contributed by atoms with van der Waals surface area (Å²) in [5.41, 5.74) is 0. The van der Waals surface area contributed by atoms with Crippen LogP contribution in [0.2, 0.25) is 0 Å². The third-order valence-electron chi connectivity index (χ3n) is 3.36. The van der Waals surface area contributed by atoms with Gasteiger partial charge < -0.3 is 5.32 Å². The highest BCUT2D eigenvalue weighted by Gasteiger charge is 2.19. The second-order valence-corrected chi connectivity index (χ2v) is 5.50. The zero-order valence-corrected chi connectivity index (χ0v) is 11.0. The number of nitrogens with one attached hydrogen (secondary N) is 1. The van der Waals surface area contributed by atoms with Crippen molar-refractivity contribution in [3.05, 3.63) is 16.6 Å². The maximum Gasteiger partial charge on any atom is 0.109 e. The molecule has 0 amide bonds. The molecule has 1 aliphatic rings. The Hall–Kier alpha value is -0.450. The van der Waals surface area contributed by atoms with Crippen molar-refractivity contribution >= 4 is 11.3 Å². The van der Waals surface area contributed by atoms with Crippen molar-refractivity contribution in [2.24, 2.45) is 0 Å². The van der Waals surface area contributed by atoms with Crippen LogP contribution in [0.3, 0.4) is 0 Å². The van der Waals surface area contributed by atoms with Crippen LogP contribution in [0, 0.1) is 0 Å². The minimum atomic E-state index is 0.387. The summed E-state index contributed by atoms with van der Waals surface area (Å²) in [7, 11) is 0. The van der Waals surface area contributed by atoms with Crippen molar-refractivity contribution in [1.29, 1.82) is 0 Å². The summed E-state index contributed by atoms with van der Waals surface area (Å²) in [6.07, 6.45) is 4.60. The van der Waals surface area contributed by atoms with Crippen molar-refractivity contribution in [1.82, 2.24) is 15.2 Å². The molecule has 2 heterocycles. The second kappa shape index (κ2) is 5.75. The Morgan fingerprint density at radius 3 is 3.19 bits per heavy atom. The van der Waals surface area contributed by atoms with E-state index in [1.807, 2.05) is 11.6 Å². The summed E-state index contributed by atoms with van der Waals surface area (Å²) in [6.45, 7) is 8.01. The maximum absolute atomic E-state index is 4.32. The van der Waals surface area contributed by atoms with E-state index < -0.39 is 0 Å². The molecule has 1 saturated heterocycles. The van der Waals surface area contributed by atoms with E-state index in [-0.39, 0.29) is 0 Å². The number of hydrogen-bond donors (Lipinski definition) is 1. The van der Waals surface area contributed by atoms with E-state index in [0.717, 1.165) is 19.1 Å². The van der Waals surface area contributed by atoms with Gasteiger partial charge in [0.2, 0.25) is 0 Å². The fraction of sp³-hybridized carbons (Fsp3) is 0.750. The first-order valence-corrected chi connectivity index (χ1v) is 7.02.